The molecule has 1 aliphatic rings. The van der Waals surface area contributed by atoms with Gasteiger partial charge in [0, 0.05) is 43.5 Å². The Kier molecular flexibility index (Phi) is 5.00. The van der Waals surface area contributed by atoms with E-state index >= 15 is 0 Å². The van der Waals surface area contributed by atoms with Gasteiger partial charge < -0.3 is 10.2 Å². The summed E-state index contributed by atoms with van der Waals surface area (Å²) in [7, 11) is 0. The van der Waals surface area contributed by atoms with Crippen LogP contribution in [0.15, 0.2) is 42.9 Å². The molecule has 0 aromatic carbocycles. The van der Waals surface area contributed by atoms with E-state index in [2.05, 4.69) is 15.3 Å². The molecule has 1 fully saturated rings. The molecule has 0 aliphatic carbocycles. The minimum absolute atomic E-state index is 0.240. The molecule has 3 aromatic rings. The highest BCUT2D eigenvalue weighted by Crippen LogP contribution is 2.21. The van der Waals surface area contributed by atoms with Crippen molar-refractivity contribution >= 4 is 17.4 Å². The zero-order valence-electron chi connectivity index (χ0n) is 15.5. The molecule has 1 aliphatic heterocycles. The summed E-state index contributed by atoms with van der Waals surface area (Å²) in [5.41, 5.74) is 2.75. The first-order valence-electron chi connectivity index (χ1n) is 9.55. The van der Waals surface area contributed by atoms with E-state index in [0.717, 1.165) is 48.5 Å². The second kappa shape index (κ2) is 7.73. The molecular weight excluding hydrogens is 340 g/mol. The number of carbonyl (C=O) groups is 1. The van der Waals surface area contributed by atoms with Gasteiger partial charge in [0.25, 0.3) is 0 Å². The van der Waals surface area contributed by atoms with Crippen LogP contribution >= 0.6 is 0 Å². The number of carbonyl (C=O) groups excluding carboxylic acids is 1. The van der Waals surface area contributed by atoms with Gasteiger partial charge in [0.15, 0.2) is 5.65 Å². The molecule has 1 amide bonds. The van der Waals surface area contributed by atoms with Crippen LogP contribution in [-0.2, 0) is 4.79 Å². The van der Waals surface area contributed by atoms with E-state index in [0.29, 0.717) is 13.0 Å². The smallest absolute Gasteiger partial charge is 0.222 e. The Morgan fingerprint density at radius 2 is 2.11 bits per heavy atom. The molecular formula is C20H24N6O. The molecule has 4 rings (SSSR count). The number of aromatic nitrogens is 4. The zero-order chi connectivity index (χ0) is 18.6. The third-order valence-electron chi connectivity index (χ3n) is 5.02. The first kappa shape index (κ1) is 17.5. The van der Waals surface area contributed by atoms with E-state index in [1.165, 1.54) is 0 Å². The number of imidazole rings is 1. The molecule has 1 saturated heterocycles. The van der Waals surface area contributed by atoms with Crippen molar-refractivity contribution in [2.75, 3.05) is 18.4 Å². The molecule has 1 N–H and O–H groups in total. The highest BCUT2D eigenvalue weighted by molar-refractivity contribution is 5.76. The Balaban J connectivity index is 1.50. The van der Waals surface area contributed by atoms with Gasteiger partial charge in [-0.1, -0.05) is 6.92 Å². The quantitative estimate of drug-likeness (QED) is 0.728. The third-order valence-corrected chi connectivity index (χ3v) is 5.02. The SMILES string of the molecule is CCCC(=O)N1CCCC1CNc1ccc2ncc(-c3ccncc3)n2n1. The lowest BCUT2D eigenvalue weighted by atomic mass is 10.2. The minimum atomic E-state index is 0.240. The standard InChI is InChI=1S/C20H24N6O/c1-2-4-20(27)25-12-3-5-16(25)13-22-18-6-7-19-23-14-17(26(19)24-18)15-8-10-21-11-9-15/h6-11,14,16H,2-5,12-13H2,1H3,(H,22,24). The number of hydrogen-bond acceptors (Lipinski definition) is 5. The van der Waals surface area contributed by atoms with Crippen molar-refractivity contribution in [1.29, 1.82) is 0 Å². The highest BCUT2D eigenvalue weighted by atomic mass is 16.2. The van der Waals surface area contributed by atoms with Gasteiger partial charge in [-0.3, -0.25) is 9.78 Å². The summed E-state index contributed by atoms with van der Waals surface area (Å²) in [6.45, 7) is 3.63. The number of pyridine rings is 1. The predicted octanol–water partition coefficient (Wildman–Crippen LogP) is 2.99. The van der Waals surface area contributed by atoms with E-state index in [4.69, 9.17) is 5.10 Å². The third kappa shape index (κ3) is 3.63. The molecule has 7 nitrogen and oxygen atoms in total. The second-order valence-corrected chi connectivity index (χ2v) is 6.88. The van der Waals surface area contributed by atoms with Crippen LogP contribution in [0.1, 0.15) is 32.6 Å². The van der Waals surface area contributed by atoms with Gasteiger partial charge >= 0.3 is 0 Å². The highest BCUT2D eigenvalue weighted by Gasteiger charge is 2.27. The Hall–Kier alpha value is -2.96. The molecule has 1 unspecified atom stereocenters. The van der Waals surface area contributed by atoms with Crippen molar-refractivity contribution in [3.63, 3.8) is 0 Å². The zero-order valence-corrected chi connectivity index (χ0v) is 15.5. The number of rotatable bonds is 6. The van der Waals surface area contributed by atoms with Crippen molar-refractivity contribution in [1.82, 2.24) is 24.5 Å². The first-order valence-corrected chi connectivity index (χ1v) is 9.55. The molecule has 7 heteroatoms. The van der Waals surface area contributed by atoms with Crippen molar-refractivity contribution in [3.8, 4) is 11.3 Å². The van der Waals surface area contributed by atoms with Crippen molar-refractivity contribution < 1.29 is 4.79 Å². The largest absolute Gasteiger partial charge is 0.367 e. The molecule has 140 valence electrons. The summed E-state index contributed by atoms with van der Waals surface area (Å²) in [4.78, 5) is 22.8. The maximum Gasteiger partial charge on any atom is 0.222 e. The van der Waals surface area contributed by atoms with Gasteiger partial charge in [-0.05, 0) is 43.5 Å². The molecule has 27 heavy (non-hydrogen) atoms. The normalized spacial score (nSPS) is 16.8. The minimum Gasteiger partial charge on any atom is -0.367 e. The predicted molar refractivity (Wildman–Crippen MR) is 104 cm³/mol. The Bertz CT molecular complexity index is 923. The second-order valence-electron chi connectivity index (χ2n) is 6.88. The van der Waals surface area contributed by atoms with E-state index in [9.17, 15) is 4.79 Å². The van der Waals surface area contributed by atoms with Crippen LogP contribution in [0.4, 0.5) is 5.82 Å². The summed E-state index contributed by atoms with van der Waals surface area (Å²) in [5.74, 6) is 1.05. The molecule has 0 bridgehead atoms. The molecule has 0 radical (unpaired) electrons. The average molecular weight is 364 g/mol. The number of amides is 1. The van der Waals surface area contributed by atoms with Gasteiger partial charge in [0.05, 0.1) is 11.9 Å². The fourth-order valence-corrected chi connectivity index (χ4v) is 3.64. The molecule has 3 aromatic heterocycles. The van der Waals surface area contributed by atoms with Crippen LogP contribution in [0, 0.1) is 0 Å². The number of nitrogens with zero attached hydrogens (tertiary/aromatic N) is 5. The maximum atomic E-state index is 12.3. The molecule has 4 heterocycles. The number of likely N-dealkylation sites (tertiary alicyclic amines) is 1. The van der Waals surface area contributed by atoms with Gasteiger partial charge in [0.1, 0.15) is 5.82 Å². The van der Waals surface area contributed by atoms with E-state index in [-0.39, 0.29) is 11.9 Å². The van der Waals surface area contributed by atoms with Crippen LogP contribution in [0.2, 0.25) is 0 Å². The van der Waals surface area contributed by atoms with Gasteiger partial charge in [-0.15, -0.1) is 5.10 Å². The average Bonchev–Trinajstić information content (AvgIpc) is 3.34. The van der Waals surface area contributed by atoms with Crippen LogP contribution in [0.5, 0.6) is 0 Å². The summed E-state index contributed by atoms with van der Waals surface area (Å²) in [5, 5.41) is 8.11. The maximum absolute atomic E-state index is 12.3. The van der Waals surface area contributed by atoms with Crippen LogP contribution < -0.4 is 5.32 Å². The lowest BCUT2D eigenvalue weighted by Gasteiger charge is -2.25. The number of fused-ring (bicyclic) bond motifs is 1. The van der Waals surface area contributed by atoms with Crippen LogP contribution in [0.25, 0.3) is 16.9 Å². The summed E-state index contributed by atoms with van der Waals surface area (Å²) >= 11 is 0. The number of hydrogen-bond donors (Lipinski definition) is 1. The van der Waals surface area contributed by atoms with Crippen molar-refractivity contribution in [2.45, 2.75) is 38.6 Å². The van der Waals surface area contributed by atoms with Gasteiger partial charge in [-0.25, -0.2) is 9.50 Å². The number of nitrogens with one attached hydrogen (secondary N) is 1. The fraction of sp³-hybridized carbons (Fsp3) is 0.400. The number of anilines is 1. The topological polar surface area (TPSA) is 75.4 Å². The monoisotopic (exact) mass is 364 g/mol. The lowest BCUT2D eigenvalue weighted by molar-refractivity contribution is -0.131. The van der Waals surface area contributed by atoms with E-state index in [1.54, 1.807) is 12.4 Å². The molecule has 0 saturated carbocycles. The van der Waals surface area contributed by atoms with Crippen LogP contribution in [-0.4, -0.2) is 49.5 Å². The summed E-state index contributed by atoms with van der Waals surface area (Å²) in [6, 6.07) is 8.02. The van der Waals surface area contributed by atoms with E-state index < -0.39 is 0 Å². The van der Waals surface area contributed by atoms with Crippen molar-refractivity contribution in [2.24, 2.45) is 0 Å². The summed E-state index contributed by atoms with van der Waals surface area (Å²) < 4.78 is 1.84. The van der Waals surface area contributed by atoms with Crippen molar-refractivity contribution in [3.05, 3.63) is 42.9 Å². The molecule has 1 atom stereocenters. The Labute approximate surface area is 158 Å². The lowest BCUT2D eigenvalue weighted by Crippen LogP contribution is -2.39. The Morgan fingerprint density at radius 1 is 1.26 bits per heavy atom. The molecule has 0 spiro atoms. The van der Waals surface area contributed by atoms with Gasteiger partial charge in [-0.2, -0.15) is 0 Å². The first-order chi connectivity index (χ1) is 13.3. The Morgan fingerprint density at radius 3 is 2.93 bits per heavy atom. The fourth-order valence-electron chi connectivity index (χ4n) is 3.64. The van der Waals surface area contributed by atoms with Gasteiger partial charge in [0.2, 0.25) is 5.91 Å². The van der Waals surface area contributed by atoms with E-state index in [1.807, 2.05) is 46.8 Å². The van der Waals surface area contributed by atoms with Crippen LogP contribution in [0.3, 0.4) is 0 Å². The summed E-state index contributed by atoms with van der Waals surface area (Å²) in [6.07, 6.45) is 8.98.